The van der Waals surface area contributed by atoms with Crippen molar-refractivity contribution < 1.29 is 4.42 Å². The van der Waals surface area contributed by atoms with Crippen LogP contribution in [0.2, 0.25) is 0 Å². The second-order valence-corrected chi connectivity index (χ2v) is 8.03. The molecule has 0 aliphatic carbocycles. The molecule has 0 bridgehead atoms. The van der Waals surface area contributed by atoms with E-state index in [0.717, 1.165) is 41.5 Å². The lowest BCUT2D eigenvalue weighted by molar-refractivity contribution is 0.454. The van der Waals surface area contributed by atoms with Crippen LogP contribution in [-0.4, -0.2) is 0 Å². The first-order valence-corrected chi connectivity index (χ1v) is 11.0. The van der Waals surface area contributed by atoms with E-state index < -0.39 is 0 Å². The van der Waals surface area contributed by atoms with Crippen molar-refractivity contribution in [3.8, 4) is 0 Å². The lowest BCUT2D eigenvalue weighted by Gasteiger charge is -2.22. The number of unbranched alkanes of at least 4 members (excludes halogenated alkanes) is 1. The van der Waals surface area contributed by atoms with Crippen molar-refractivity contribution in [3.05, 3.63) is 130 Å². The lowest BCUT2D eigenvalue weighted by atomic mass is 9.82. The first-order chi connectivity index (χ1) is 15.2. The molecule has 1 aromatic heterocycles. The van der Waals surface area contributed by atoms with Crippen LogP contribution >= 0.6 is 0 Å². The molecule has 2 nitrogen and oxygen atoms in total. The third kappa shape index (κ3) is 4.54. The molecule has 3 aromatic carbocycles. The van der Waals surface area contributed by atoms with Crippen LogP contribution in [0.1, 0.15) is 48.1 Å². The summed E-state index contributed by atoms with van der Waals surface area (Å²) in [6.45, 7) is 6.69. The molecule has 0 aliphatic heterocycles. The molecule has 0 spiro atoms. The molecular weight excluding hydrogens is 380 g/mol. The van der Waals surface area contributed by atoms with Gasteiger partial charge in [-0.1, -0.05) is 104 Å². The second-order valence-electron chi connectivity index (χ2n) is 8.03. The summed E-state index contributed by atoms with van der Waals surface area (Å²) in [5.41, 5.74) is 4.37. The Morgan fingerprint density at radius 1 is 0.839 bits per heavy atom. The smallest absolute Gasteiger partial charge is 0.343 e. The minimum Gasteiger partial charge on any atom is -0.427 e. The number of benzene rings is 3. The van der Waals surface area contributed by atoms with E-state index in [1.807, 2.05) is 36.4 Å². The largest absolute Gasteiger partial charge is 0.427 e. The lowest BCUT2D eigenvalue weighted by Crippen LogP contribution is -2.11. The Morgan fingerprint density at radius 3 is 1.97 bits per heavy atom. The third-order valence-electron chi connectivity index (χ3n) is 5.86. The second kappa shape index (κ2) is 9.61. The molecule has 0 saturated heterocycles. The molecule has 1 heterocycles. The van der Waals surface area contributed by atoms with Crippen LogP contribution in [0.25, 0.3) is 10.8 Å². The van der Waals surface area contributed by atoms with E-state index in [1.165, 1.54) is 11.1 Å². The molecule has 4 rings (SSSR count). The summed E-state index contributed by atoms with van der Waals surface area (Å²) in [4.78, 5) is 12.6. The Kier molecular flexibility index (Phi) is 6.47. The van der Waals surface area contributed by atoms with Crippen molar-refractivity contribution in [1.82, 2.24) is 0 Å². The van der Waals surface area contributed by atoms with Gasteiger partial charge < -0.3 is 4.42 Å². The molecule has 0 aliphatic rings. The Morgan fingerprint density at radius 2 is 1.39 bits per heavy atom. The van der Waals surface area contributed by atoms with E-state index in [0.29, 0.717) is 11.8 Å². The van der Waals surface area contributed by atoms with Crippen molar-refractivity contribution >= 4 is 10.8 Å². The molecule has 4 aromatic rings. The van der Waals surface area contributed by atoms with Crippen molar-refractivity contribution in [2.24, 2.45) is 0 Å². The number of hydrogen-bond donors (Lipinski definition) is 0. The van der Waals surface area contributed by atoms with Gasteiger partial charge in [-0.2, -0.15) is 0 Å². The summed E-state index contributed by atoms with van der Waals surface area (Å²) in [7, 11) is 0. The highest BCUT2D eigenvalue weighted by atomic mass is 16.4. The first kappa shape index (κ1) is 20.9. The molecule has 0 radical (unpaired) electrons. The Hall–Kier alpha value is -3.39. The van der Waals surface area contributed by atoms with Crippen LogP contribution in [0, 0.1) is 0 Å². The Bertz CT molecular complexity index is 1180. The average Bonchev–Trinajstić information content (AvgIpc) is 2.81. The SMILES string of the molecule is C=C(Cc1c(CCCC)oc(=O)c2ccccc12)C(c1ccccc1)c1ccccc1. The van der Waals surface area contributed by atoms with E-state index in [9.17, 15) is 4.79 Å². The molecule has 156 valence electrons. The van der Waals surface area contributed by atoms with Gasteiger partial charge in [0, 0.05) is 17.9 Å². The number of aryl methyl sites for hydroxylation is 1. The fraction of sp³-hybridized carbons (Fsp3) is 0.207. The molecule has 0 fully saturated rings. The van der Waals surface area contributed by atoms with E-state index in [1.54, 1.807) is 0 Å². The zero-order chi connectivity index (χ0) is 21.6. The predicted octanol–water partition coefficient (Wildman–Crippen LogP) is 7.07. The van der Waals surface area contributed by atoms with Crippen LogP contribution in [0.4, 0.5) is 0 Å². The summed E-state index contributed by atoms with van der Waals surface area (Å²) in [6, 6.07) is 28.8. The standard InChI is InChI=1S/C29H28O2/c1-3-4-19-27-26(24-17-11-12-18-25(24)29(30)31-27)20-21(2)28(22-13-7-5-8-14-22)23-15-9-6-10-16-23/h5-18,28H,2-4,19-20H2,1H3. The van der Waals surface area contributed by atoms with Gasteiger partial charge in [-0.05, 0) is 35.4 Å². The fourth-order valence-corrected chi connectivity index (χ4v) is 4.32. The Labute approximate surface area is 183 Å². The maximum Gasteiger partial charge on any atom is 0.343 e. The average molecular weight is 409 g/mol. The summed E-state index contributed by atoms with van der Waals surface area (Å²) < 4.78 is 5.82. The maximum atomic E-state index is 12.6. The van der Waals surface area contributed by atoms with Gasteiger partial charge in [0.15, 0.2) is 0 Å². The highest BCUT2D eigenvalue weighted by molar-refractivity contribution is 5.85. The van der Waals surface area contributed by atoms with Crippen molar-refractivity contribution in [1.29, 1.82) is 0 Å². The highest BCUT2D eigenvalue weighted by Gasteiger charge is 2.21. The van der Waals surface area contributed by atoms with Gasteiger partial charge in [0.1, 0.15) is 5.76 Å². The summed E-state index contributed by atoms with van der Waals surface area (Å²) in [6.07, 6.45) is 3.47. The van der Waals surface area contributed by atoms with Gasteiger partial charge in [0.05, 0.1) is 5.39 Å². The van der Waals surface area contributed by atoms with E-state index in [2.05, 4.69) is 62.0 Å². The van der Waals surface area contributed by atoms with Crippen LogP contribution in [-0.2, 0) is 12.8 Å². The molecule has 31 heavy (non-hydrogen) atoms. The van der Waals surface area contributed by atoms with Gasteiger partial charge in [0.2, 0.25) is 0 Å². The predicted molar refractivity (Wildman–Crippen MR) is 129 cm³/mol. The summed E-state index contributed by atoms with van der Waals surface area (Å²) in [5, 5.41) is 1.62. The third-order valence-corrected chi connectivity index (χ3v) is 5.86. The molecule has 0 amide bonds. The zero-order valence-corrected chi connectivity index (χ0v) is 18.0. The first-order valence-electron chi connectivity index (χ1n) is 11.0. The molecule has 0 saturated carbocycles. The minimum atomic E-state index is -0.251. The molecule has 0 atom stereocenters. The Balaban J connectivity index is 1.80. The quantitative estimate of drug-likeness (QED) is 0.292. The van der Waals surface area contributed by atoms with Crippen LogP contribution in [0.15, 0.2) is 106 Å². The fourth-order valence-electron chi connectivity index (χ4n) is 4.32. The number of fused-ring (bicyclic) bond motifs is 1. The minimum absolute atomic E-state index is 0.0760. The zero-order valence-electron chi connectivity index (χ0n) is 18.0. The summed E-state index contributed by atoms with van der Waals surface area (Å²) >= 11 is 0. The molecule has 0 N–H and O–H groups in total. The molecule has 0 unspecified atom stereocenters. The van der Waals surface area contributed by atoms with Crippen LogP contribution in [0.5, 0.6) is 0 Å². The van der Waals surface area contributed by atoms with Gasteiger partial charge in [0.25, 0.3) is 0 Å². The number of allylic oxidation sites excluding steroid dienone is 1. The van der Waals surface area contributed by atoms with E-state index in [4.69, 9.17) is 4.42 Å². The van der Waals surface area contributed by atoms with Gasteiger partial charge in [-0.3, -0.25) is 0 Å². The maximum absolute atomic E-state index is 12.6. The normalized spacial score (nSPS) is 11.2. The molecule has 2 heteroatoms. The number of hydrogen-bond acceptors (Lipinski definition) is 2. The van der Waals surface area contributed by atoms with Gasteiger partial charge in [-0.15, -0.1) is 0 Å². The summed E-state index contributed by atoms with van der Waals surface area (Å²) in [5.74, 6) is 0.874. The van der Waals surface area contributed by atoms with Crippen molar-refractivity contribution in [2.75, 3.05) is 0 Å². The van der Waals surface area contributed by atoms with Crippen molar-refractivity contribution in [2.45, 2.75) is 38.5 Å². The number of rotatable bonds is 8. The van der Waals surface area contributed by atoms with E-state index >= 15 is 0 Å². The highest BCUT2D eigenvalue weighted by Crippen LogP contribution is 2.34. The van der Waals surface area contributed by atoms with Crippen LogP contribution in [0.3, 0.4) is 0 Å². The van der Waals surface area contributed by atoms with Crippen molar-refractivity contribution in [3.63, 3.8) is 0 Å². The van der Waals surface area contributed by atoms with E-state index in [-0.39, 0.29) is 11.5 Å². The van der Waals surface area contributed by atoms with Gasteiger partial charge in [-0.25, -0.2) is 4.79 Å². The molecular formula is C29H28O2. The van der Waals surface area contributed by atoms with Crippen LogP contribution < -0.4 is 5.63 Å². The van der Waals surface area contributed by atoms with Gasteiger partial charge >= 0.3 is 5.63 Å². The monoisotopic (exact) mass is 408 g/mol. The topological polar surface area (TPSA) is 30.2 Å².